The second kappa shape index (κ2) is 5.68. The monoisotopic (exact) mass is 283 g/mol. The van der Waals surface area contributed by atoms with Crippen LogP contribution in [0.3, 0.4) is 0 Å². The third kappa shape index (κ3) is 2.82. The zero-order chi connectivity index (χ0) is 14.8. The molecular weight excluding hydrogens is 265 g/mol. The molecule has 3 rings (SSSR count). The maximum Gasteiger partial charge on any atom is 0.231 e. The second-order valence-corrected chi connectivity index (χ2v) is 5.53. The molecule has 1 heterocycles. The number of hydrogen-bond donors (Lipinski definition) is 0. The molecule has 21 heavy (non-hydrogen) atoms. The van der Waals surface area contributed by atoms with Crippen LogP contribution < -0.4 is 4.90 Å². The predicted molar refractivity (Wildman–Crippen MR) is 82.0 cm³/mol. The van der Waals surface area contributed by atoms with E-state index >= 15 is 0 Å². The number of anilines is 1. The van der Waals surface area contributed by atoms with E-state index in [0.717, 1.165) is 35.2 Å². The van der Waals surface area contributed by atoms with Gasteiger partial charge in [0.15, 0.2) is 0 Å². The molecule has 0 aliphatic carbocycles. The number of hydrogen-bond acceptors (Lipinski definition) is 1. The van der Waals surface area contributed by atoms with E-state index in [2.05, 4.69) is 0 Å². The van der Waals surface area contributed by atoms with Crippen LogP contribution >= 0.6 is 0 Å². The Bertz CT molecular complexity index is 681. The molecule has 2 aromatic carbocycles. The SMILES string of the molecule is Cc1ccccc1CC(=O)N1CCCc2cc(F)ccc21. The quantitative estimate of drug-likeness (QED) is 0.823. The summed E-state index contributed by atoms with van der Waals surface area (Å²) in [5.41, 5.74) is 3.97. The molecule has 1 amide bonds. The van der Waals surface area contributed by atoms with Crippen molar-refractivity contribution in [3.05, 3.63) is 65.0 Å². The first-order valence-corrected chi connectivity index (χ1v) is 7.28. The zero-order valence-corrected chi connectivity index (χ0v) is 12.1. The Morgan fingerprint density at radius 3 is 2.86 bits per heavy atom. The van der Waals surface area contributed by atoms with Gasteiger partial charge in [0.2, 0.25) is 5.91 Å². The van der Waals surface area contributed by atoms with Crippen molar-refractivity contribution in [2.45, 2.75) is 26.2 Å². The van der Waals surface area contributed by atoms with Crippen molar-refractivity contribution in [3.63, 3.8) is 0 Å². The number of halogens is 1. The van der Waals surface area contributed by atoms with Crippen LogP contribution in [0.15, 0.2) is 42.5 Å². The molecule has 3 heteroatoms. The van der Waals surface area contributed by atoms with E-state index in [1.54, 1.807) is 17.0 Å². The molecule has 0 radical (unpaired) electrons. The molecule has 0 spiro atoms. The summed E-state index contributed by atoms with van der Waals surface area (Å²) in [6.45, 7) is 2.73. The number of carbonyl (C=O) groups excluding carboxylic acids is 1. The normalized spacial score (nSPS) is 13.9. The van der Waals surface area contributed by atoms with Gasteiger partial charge in [0.05, 0.1) is 6.42 Å². The van der Waals surface area contributed by atoms with Gasteiger partial charge in [0.25, 0.3) is 0 Å². The fourth-order valence-electron chi connectivity index (χ4n) is 2.89. The maximum atomic E-state index is 13.3. The van der Waals surface area contributed by atoms with E-state index in [4.69, 9.17) is 0 Å². The summed E-state index contributed by atoms with van der Waals surface area (Å²) < 4.78 is 13.3. The first-order chi connectivity index (χ1) is 10.1. The average molecular weight is 283 g/mol. The van der Waals surface area contributed by atoms with Crippen molar-refractivity contribution >= 4 is 11.6 Å². The van der Waals surface area contributed by atoms with E-state index in [0.29, 0.717) is 13.0 Å². The predicted octanol–water partition coefficient (Wildman–Crippen LogP) is 3.66. The van der Waals surface area contributed by atoms with Gasteiger partial charge in [-0.25, -0.2) is 4.39 Å². The number of rotatable bonds is 2. The second-order valence-electron chi connectivity index (χ2n) is 5.53. The summed E-state index contributed by atoms with van der Waals surface area (Å²) in [5, 5.41) is 0. The molecule has 2 nitrogen and oxygen atoms in total. The van der Waals surface area contributed by atoms with Gasteiger partial charge in [-0.15, -0.1) is 0 Å². The molecule has 0 saturated heterocycles. The summed E-state index contributed by atoms with van der Waals surface area (Å²) >= 11 is 0. The van der Waals surface area contributed by atoms with Gasteiger partial charge >= 0.3 is 0 Å². The molecule has 0 unspecified atom stereocenters. The van der Waals surface area contributed by atoms with Gasteiger partial charge in [-0.3, -0.25) is 4.79 Å². The first-order valence-electron chi connectivity index (χ1n) is 7.28. The van der Waals surface area contributed by atoms with Crippen LogP contribution in [0.4, 0.5) is 10.1 Å². The molecule has 108 valence electrons. The van der Waals surface area contributed by atoms with Gasteiger partial charge in [0, 0.05) is 12.2 Å². The molecule has 0 fully saturated rings. The van der Waals surface area contributed by atoms with E-state index in [1.807, 2.05) is 31.2 Å². The average Bonchev–Trinajstić information content (AvgIpc) is 2.48. The topological polar surface area (TPSA) is 20.3 Å². The van der Waals surface area contributed by atoms with Crippen molar-refractivity contribution in [1.82, 2.24) is 0 Å². The number of aryl methyl sites for hydroxylation is 2. The summed E-state index contributed by atoms with van der Waals surface area (Å²) in [4.78, 5) is 14.4. The molecular formula is C18H18FNO. The van der Waals surface area contributed by atoms with Crippen LogP contribution in [-0.4, -0.2) is 12.5 Å². The summed E-state index contributed by atoms with van der Waals surface area (Å²) in [7, 11) is 0. The molecule has 1 aliphatic rings. The van der Waals surface area contributed by atoms with E-state index in [9.17, 15) is 9.18 Å². The smallest absolute Gasteiger partial charge is 0.231 e. The summed E-state index contributed by atoms with van der Waals surface area (Å²) in [6.07, 6.45) is 2.11. The van der Waals surface area contributed by atoms with Crippen LogP contribution in [0.5, 0.6) is 0 Å². The van der Waals surface area contributed by atoms with Crippen molar-refractivity contribution in [1.29, 1.82) is 0 Å². The molecule has 0 N–H and O–H groups in total. The number of fused-ring (bicyclic) bond motifs is 1. The highest BCUT2D eigenvalue weighted by molar-refractivity contribution is 5.96. The fourth-order valence-corrected chi connectivity index (χ4v) is 2.89. The molecule has 0 atom stereocenters. The Morgan fingerprint density at radius 1 is 1.24 bits per heavy atom. The zero-order valence-electron chi connectivity index (χ0n) is 12.1. The number of carbonyl (C=O) groups is 1. The van der Waals surface area contributed by atoms with Crippen molar-refractivity contribution in [2.75, 3.05) is 11.4 Å². The lowest BCUT2D eigenvalue weighted by molar-refractivity contribution is -0.118. The first kappa shape index (κ1) is 13.8. The highest BCUT2D eigenvalue weighted by Gasteiger charge is 2.23. The third-order valence-electron chi connectivity index (χ3n) is 4.06. The standard InChI is InChI=1S/C18H18FNO/c1-13-5-2-3-6-14(13)12-18(21)20-10-4-7-15-11-16(19)8-9-17(15)20/h2-3,5-6,8-9,11H,4,7,10,12H2,1H3. The van der Waals surface area contributed by atoms with Crippen molar-refractivity contribution < 1.29 is 9.18 Å². The Balaban J connectivity index is 1.85. The highest BCUT2D eigenvalue weighted by atomic mass is 19.1. The lowest BCUT2D eigenvalue weighted by Crippen LogP contribution is -2.36. The van der Waals surface area contributed by atoms with Gasteiger partial charge < -0.3 is 4.90 Å². The minimum absolute atomic E-state index is 0.0804. The van der Waals surface area contributed by atoms with Crippen molar-refractivity contribution in [3.8, 4) is 0 Å². The molecule has 0 bridgehead atoms. The molecule has 0 aromatic heterocycles. The molecule has 0 saturated carbocycles. The largest absolute Gasteiger partial charge is 0.312 e. The van der Waals surface area contributed by atoms with Gasteiger partial charge in [-0.2, -0.15) is 0 Å². The minimum atomic E-state index is -0.234. The van der Waals surface area contributed by atoms with E-state index in [-0.39, 0.29) is 11.7 Å². The summed E-state index contributed by atoms with van der Waals surface area (Å²) in [5.74, 6) is -0.154. The third-order valence-corrected chi connectivity index (χ3v) is 4.06. The van der Waals surface area contributed by atoms with Gasteiger partial charge in [0.1, 0.15) is 5.82 Å². The Kier molecular flexibility index (Phi) is 3.74. The lowest BCUT2D eigenvalue weighted by atomic mass is 9.99. The Hall–Kier alpha value is -2.16. The minimum Gasteiger partial charge on any atom is -0.312 e. The molecule has 2 aromatic rings. The number of benzene rings is 2. The summed E-state index contributed by atoms with van der Waals surface area (Å²) in [6, 6.07) is 12.6. The Labute approximate surface area is 124 Å². The van der Waals surface area contributed by atoms with Crippen LogP contribution in [-0.2, 0) is 17.6 Å². The number of nitrogens with zero attached hydrogens (tertiary/aromatic N) is 1. The van der Waals surface area contributed by atoms with Crippen molar-refractivity contribution in [2.24, 2.45) is 0 Å². The number of amides is 1. The van der Waals surface area contributed by atoms with E-state index < -0.39 is 0 Å². The van der Waals surface area contributed by atoms with Crippen LogP contribution in [0.25, 0.3) is 0 Å². The van der Waals surface area contributed by atoms with Gasteiger partial charge in [-0.1, -0.05) is 24.3 Å². The highest BCUT2D eigenvalue weighted by Crippen LogP contribution is 2.28. The van der Waals surface area contributed by atoms with E-state index in [1.165, 1.54) is 6.07 Å². The van der Waals surface area contributed by atoms with Crippen LogP contribution in [0.2, 0.25) is 0 Å². The van der Waals surface area contributed by atoms with Crippen LogP contribution in [0, 0.1) is 12.7 Å². The molecule has 1 aliphatic heterocycles. The fraction of sp³-hybridized carbons (Fsp3) is 0.278. The van der Waals surface area contributed by atoms with Crippen LogP contribution in [0.1, 0.15) is 23.1 Å². The maximum absolute atomic E-state index is 13.3. The Morgan fingerprint density at radius 2 is 2.05 bits per heavy atom. The van der Waals surface area contributed by atoms with Gasteiger partial charge in [-0.05, 0) is 54.7 Å². The lowest BCUT2D eigenvalue weighted by Gasteiger charge is -2.29.